The first-order chi connectivity index (χ1) is 11.8. The molecule has 25 heavy (non-hydrogen) atoms. The number of aromatic nitrogens is 2. The molecule has 134 valence electrons. The minimum Gasteiger partial charge on any atom is -0.497 e. The second kappa shape index (κ2) is 7.66. The van der Waals surface area contributed by atoms with E-state index in [-0.39, 0.29) is 16.5 Å². The first-order valence-electron chi connectivity index (χ1n) is 7.11. The average molecular weight is 386 g/mol. The van der Waals surface area contributed by atoms with Crippen LogP contribution in [0.25, 0.3) is 0 Å². The fourth-order valence-electron chi connectivity index (χ4n) is 1.87. The molecule has 1 heterocycles. The molecule has 0 aliphatic carbocycles. The van der Waals surface area contributed by atoms with Gasteiger partial charge >= 0.3 is 0 Å². The topological polar surface area (TPSA) is 107 Å². The molecule has 2 aromatic rings. The molecule has 0 aliphatic heterocycles. The van der Waals surface area contributed by atoms with Crippen molar-refractivity contribution in [1.29, 1.82) is 0 Å². The molecular weight excluding hydrogens is 370 g/mol. The van der Waals surface area contributed by atoms with Crippen LogP contribution in [0.15, 0.2) is 29.6 Å². The Labute approximate surface area is 150 Å². The highest BCUT2D eigenvalue weighted by Crippen LogP contribution is 2.29. The SMILES string of the molecule is CCS(=O)(=O)c1ncc(Cl)c(C(=O)Nc2ccc(OC)cc2OC)n1. The van der Waals surface area contributed by atoms with Gasteiger partial charge in [0.1, 0.15) is 11.5 Å². The first-order valence-corrected chi connectivity index (χ1v) is 9.14. The van der Waals surface area contributed by atoms with Gasteiger partial charge in [0.2, 0.25) is 15.0 Å². The van der Waals surface area contributed by atoms with E-state index in [4.69, 9.17) is 21.1 Å². The van der Waals surface area contributed by atoms with Crippen molar-refractivity contribution in [2.75, 3.05) is 25.3 Å². The molecule has 1 aromatic heterocycles. The molecule has 1 amide bonds. The van der Waals surface area contributed by atoms with E-state index in [1.165, 1.54) is 21.1 Å². The molecule has 0 atom stereocenters. The van der Waals surface area contributed by atoms with Crippen molar-refractivity contribution in [2.45, 2.75) is 12.1 Å². The van der Waals surface area contributed by atoms with Gasteiger partial charge in [-0.15, -0.1) is 0 Å². The third-order valence-corrected chi connectivity index (χ3v) is 5.04. The Hall–Kier alpha value is -2.39. The number of ether oxygens (including phenoxy) is 2. The fourth-order valence-corrected chi connectivity index (χ4v) is 2.75. The van der Waals surface area contributed by atoms with E-state index in [9.17, 15) is 13.2 Å². The predicted molar refractivity (Wildman–Crippen MR) is 92.3 cm³/mol. The van der Waals surface area contributed by atoms with Gasteiger partial charge in [0.05, 0.1) is 36.9 Å². The van der Waals surface area contributed by atoms with Gasteiger partial charge in [-0.1, -0.05) is 18.5 Å². The molecule has 1 aromatic carbocycles. The van der Waals surface area contributed by atoms with E-state index in [0.717, 1.165) is 6.20 Å². The van der Waals surface area contributed by atoms with Gasteiger partial charge in [-0.05, 0) is 12.1 Å². The van der Waals surface area contributed by atoms with Crippen molar-refractivity contribution in [3.63, 3.8) is 0 Å². The number of nitrogens with zero attached hydrogens (tertiary/aromatic N) is 2. The van der Waals surface area contributed by atoms with E-state index in [1.54, 1.807) is 18.2 Å². The zero-order valence-electron chi connectivity index (χ0n) is 13.7. The lowest BCUT2D eigenvalue weighted by Gasteiger charge is -2.12. The molecule has 0 radical (unpaired) electrons. The lowest BCUT2D eigenvalue weighted by atomic mass is 10.2. The Morgan fingerprint density at radius 3 is 2.60 bits per heavy atom. The number of methoxy groups -OCH3 is 2. The van der Waals surface area contributed by atoms with Crippen LogP contribution in [0.4, 0.5) is 5.69 Å². The van der Waals surface area contributed by atoms with Crippen molar-refractivity contribution in [1.82, 2.24) is 9.97 Å². The summed E-state index contributed by atoms with van der Waals surface area (Å²) >= 11 is 5.94. The standard InChI is InChI=1S/C15H16ClN3O5S/c1-4-25(21,22)15-17-8-10(16)13(19-15)14(20)18-11-6-5-9(23-2)7-12(11)24-3/h5-8H,4H2,1-3H3,(H,18,20). The smallest absolute Gasteiger partial charge is 0.276 e. The number of amides is 1. The number of anilines is 1. The van der Waals surface area contributed by atoms with E-state index in [2.05, 4.69) is 15.3 Å². The van der Waals surface area contributed by atoms with Gasteiger partial charge in [0.15, 0.2) is 5.69 Å². The number of halogens is 1. The number of hydrogen-bond donors (Lipinski definition) is 1. The van der Waals surface area contributed by atoms with E-state index in [0.29, 0.717) is 17.2 Å². The molecule has 0 saturated carbocycles. The summed E-state index contributed by atoms with van der Waals surface area (Å²) < 4.78 is 34.0. The van der Waals surface area contributed by atoms with Crippen molar-refractivity contribution < 1.29 is 22.7 Å². The molecule has 0 aliphatic rings. The van der Waals surface area contributed by atoms with E-state index >= 15 is 0 Å². The third kappa shape index (κ3) is 4.18. The van der Waals surface area contributed by atoms with Crippen LogP contribution < -0.4 is 14.8 Å². The summed E-state index contributed by atoms with van der Waals surface area (Å²) in [6.45, 7) is 1.45. The summed E-state index contributed by atoms with van der Waals surface area (Å²) in [5.41, 5.74) is 0.101. The molecule has 0 saturated heterocycles. The normalized spacial score (nSPS) is 11.0. The molecular formula is C15H16ClN3O5S. The van der Waals surface area contributed by atoms with Gasteiger partial charge in [-0.25, -0.2) is 18.4 Å². The number of rotatable bonds is 6. The monoisotopic (exact) mass is 385 g/mol. The van der Waals surface area contributed by atoms with Crippen molar-refractivity contribution in [2.24, 2.45) is 0 Å². The Morgan fingerprint density at radius 2 is 2.00 bits per heavy atom. The number of sulfone groups is 1. The van der Waals surface area contributed by atoms with Crippen LogP contribution >= 0.6 is 11.6 Å². The number of carbonyl (C=O) groups is 1. The Bertz CT molecular complexity index is 902. The average Bonchev–Trinajstić information content (AvgIpc) is 2.62. The number of hydrogen-bond acceptors (Lipinski definition) is 7. The Balaban J connectivity index is 2.37. The van der Waals surface area contributed by atoms with Gasteiger partial charge in [-0.3, -0.25) is 4.79 Å². The maximum Gasteiger partial charge on any atom is 0.276 e. The Morgan fingerprint density at radius 1 is 1.28 bits per heavy atom. The van der Waals surface area contributed by atoms with Crippen LogP contribution in [-0.2, 0) is 9.84 Å². The summed E-state index contributed by atoms with van der Waals surface area (Å²) in [7, 11) is -0.726. The molecule has 0 unspecified atom stereocenters. The molecule has 8 nitrogen and oxygen atoms in total. The maximum atomic E-state index is 12.5. The summed E-state index contributed by atoms with van der Waals surface area (Å²) in [6, 6.07) is 4.80. The van der Waals surface area contributed by atoms with Gasteiger partial charge < -0.3 is 14.8 Å². The molecule has 0 bridgehead atoms. The summed E-state index contributed by atoms with van der Waals surface area (Å²) in [5.74, 6) is 0.0241. The molecule has 1 N–H and O–H groups in total. The van der Waals surface area contributed by atoms with Crippen molar-refractivity contribution >= 4 is 33.0 Å². The highest BCUT2D eigenvalue weighted by molar-refractivity contribution is 7.91. The van der Waals surface area contributed by atoms with E-state index in [1.807, 2.05) is 0 Å². The number of benzene rings is 1. The quantitative estimate of drug-likeness (QED) is 0.759. The molecule has 10 heteroatoms. The lowest BCUT2D eigenvalue weighted by Crippen LogP contribution is -2.18. The summed E-state index contributed by atoms with van der Waals surface area (Å²) in [6.07, 6.45) is 1.08. The van der Waals surface area contributed by atoms with Crippen LogP contribution in [0.1, 0.15) is 17.4 Å². The molecule has 0 spiro atoms. The molecule has 2 rings (SSSR count). The zero-order chi connectivity index (χ0) is 18.6. The number of nitrogens with one attached hydrogen (secondary N) is 1. The highest BCUT2D eigenvalue weighted by Gasteiger charge is 2.21. The van der Waals surface area contributed by atoms with Gasteiger partial charge in [0.25, 0.3) is 5.91 Å². The summed E-state index contributed by atoms with van der Waals surface area (Å²) in [5, 5.41) is 2.06. The van der Waals surface area contributed by atoms with Crippen molar-refractivity contribution in [3.05, 3.63) is 35.1 Å². The first kappa shape index (κ1) is 18.9. The predicted octanol–water partition coefficient (Wildman–Crippen LogP) is 2.19. The maximum absolute atomic E-state index is 12.5. The second-order valence-electron chi connectivity index (χ2n) is 4.77. The van der Waals surface area contributed by atoms with Gasteiger partial charge in [0, 0.05) is 6.07 Å². The van der Waals surface area contributed by atoms with Crippen LogP contribution in [0, 0.1) is 0 Å². The Kier molecular flexibility index (Phi) is 5.81. The second-order valence-corrected chi connectivity index (χ2v) is 7.35. The highest BCUT2D eigenvalue weighted by atomic mass is 35.5. The molecule has 0 fully saturated rings. The van der Waals surface area contributed by atoms with Gasteiger partial charge in [-0.2, -0.15) is 0 Å². The zero-order valence-corrected chi connectivity index (χ0v) is 15.3. The summed E-state index contributed by atoms with van der Waals surface area (Å²) in [4.78, 5) is 19.9. The minimum atomic E-state index is -3.67. The van der Waals surface area contributed by atoms with Crippen LogP contribution in [-0.4, -0.2) is 44.3 Å². The fraction of sp³-hybridized carbons (Fsp3) is 0.267. The number of carbonyl (C=O) groups excluding carboxylic acids is 1. The van der Waals surface area contributed by atoms with Crippen LogP contribution in [0.5, 0.6) is 11.5 Å². The van der Waals surface area contributed by atoms with Crippen LogP contribution in [0.2, 0.25) is 5.02 Å². The third-order valence-electron chi connectivity index (χ3n) is 3.25. The van der Waals surface area contributed by atoms with Crippen molar-refractivity contribution in [3.8, 4) is 11.5 Å². The van der Waals surface area contributed by atoms with E-state index < -0.39 is 20.9 Å². The minimum absolute atomic E-state index is 0.0694. The lowest BCUT2D eigenvalue weighted by molar-refractivity contribution is 0.102. The largest absolute Gasteiger partial charge is 0.497 e. The van der Waals surface area contributed by atoms with Crippen LogP contribution in [0.3, 0.4) is 0 Å².